The fraction of sp³-hybridized carbons (Fsp3) is 0.417. The lowest BCUT2D eigenvalue weighted by Crippen LogP contribution is -2.52. The molecule has 1 saturated heterocycles. The van der Waals surface area contributed by atoms with E-state index in [4.69, 9.17) is 0 Å². The highest BCUT2D eigenvalue weighted by molar-refractivity contribution is 7.87. The van der Waals surface area contributed by atoms with Crippen LogP contribution in [0.15, 0.2) is 42.5 Å². The summed E-state index contributed by atoms with van der Waals surface area (Å²) in [6, 6.07) is 12.0. The summed E-state index contributed by atoms with van der Waals surface area (Å²) in [6.07, 6.45) is -1.90. The number of rotatable bonds is 3. The lowest BCUT2D eigenvalue weighted by Gasteiger charge is -2.33. The molecule has 2 fully saturated rings. The average molecular weight is 539 g/mol. The van der Waals surface area contributed by atoms with Gasteiger partial charge in [-0.2, -0.15) is 30.6 Å². The number of nitrogens with one attached hydrogen (secondary N) is 1. The number of fused-ring (bicyclic) bond motifs is 1. The Labute approximate surface area is 209 Å². The highest BCUT2D eigenvalue weighted by Crippen LogP contribution is 2.51. The molecule has 1 aliphatic heterocycles. The molecule has 1 saturated carbocycles. The number of hydrogen-bond acceptors (Lipinski definition) is 5. The molecule has 1 spiro atoms. The van der Waals surface area contributed by atoms with Crippen molar-refractivity contribution < 1.29 is 26.0 Å². The minimum Gasteiger partial charge on any atom is -0.207 e. The summed E-state index contributed by atoms with van der Waals surface area (Å²) < 4.78 is 81.1. The van der Waals surface area contributed by atoms with Crippen LogP contribution >= 0.6 is 11.3 Å². The van der Waals surface area contributed by atoms with Crippen molar-refractivity contribution in [1.29, 1.82) is 0 Å². The number of aromatic nitrogens is 2. The van der Waals surface area contributed by atoms with Gasteiger partial charge in [-0.1, -0.05) is 23.5 Å². The minimum absolute atomic E-state index is 0.0748. The van der Waals surface area contributed by atoms with E-state index in [1.165, 1.54) is 23.5 Å². The number of hydrogen-bond donors (Lipinski definition) is 1. The maximum Gasteiger partial charge on any atom is 0.402 e. The third-order valence-corrected chi connectivity index (χ3v) is 10.3. The van der Waals surface area contributed by atoms with Gasteiger partial charge < -0.3 is 0 Å². The van der Waals surface area contributed by atoms with Crippen molar-refractivity contribution in [3.05, 3.63) is 59.4 Å². The van der Waals surface area contributed by atoms with Crippen LogP contribution in [0, 0.1) is 17.7 Å². The van der Waals surface area contributed by atoms with Crippen molar-refractivity contribution in [2.45, 2.75) is 37.4 Å². The molecular weight excluding hydrogens is 516 g/mol. The molecule has 190 valence electrons. The van der Waals surface area contributed by atoms with E-state index in [-0.39, 0.29) is 24.2 Å². The summed E-state index contributed by atoms with van der Waals surface area (Å²) in [5, 5.41) is 9.93. The molecule has 2 aromatic carbocycles. The molecular formula is C24H22F4N4O2S2. The Morgan fingerprint density at radius 1 is 0.972 bits per heavy atom. The van der Waals surface area contributed by atoms with Gasteiger partial charge in [-0.15, -0.1) is 10.2 Å². The van der Waals surface area contributed by atoms with Crippen LogP contribution in [0.5, 0.6) is 0 Å². The number of halogens is 4. The molecule has 12 heteroatoms. The molecule has 0 unspecified atom stereocenters. The van der Waals surface area contributed by atoms with E-state index < -0.39 is 28.5 Å². The van der Waals surface area contributed by atoms with Crippen LogP contribution in [0.25, 0.3) is 21.1 Å². The zero-order chi connectivity index (χ0) is 25.3. The Hall–Kier alpha value is -2.41. The Morgan fingerprint density at radius 2 is 1.58 bits per heavy atom. The van der Waals surface area contributed by atoms with Crippen molar-refractivity contribution in [3.63, 3.8) is 0 Å². The fourth-order valence-corrected chi connectivity index (χ4v) is 8.58. The maximum atomic E-state index is 13.3. The fourth-order valence-electron chi connectivity index (χ4n) is 6.03. The predicted molar refractivity (Wildman–Crippen MR) is 127 cm³/mol. The topological polar surface area (TPSA) is 75.2 Å². The van der Waals surface area contributed by atoms with Crippen molar-refractivity contribution in [2.24, 2.45) is 11.8 Å². The van der Waals surface area contributed by atoms with E-state index in [1.807, 2.05) is 18.2 Å². The third kappa shape index (κ3) is 4.13. The summed E-state index contributed by atoms with van der Waals surface area (Å²) in [5.41, 5.74) is 2.89. The smallest absolute Gasteiger partial charge is 0.207 e. The maximum absolute atomic E-state index is 13.3. The van der Waals surface area contributed by atoms with Crippen LogP contribution in [0.4, 0.5) is 17.6 Å². The second-order valence-electron chi connectivity index (χ2n) is 9.81. The Kier molecular flexibility index (Phi) is 5.52. The molecule has 1 aromatic heterocycles. The van der Waals surface area contributed by atoms with Crippen LogP contribution in [0.1, 0.15) is 24.0 Å². The quantitative estimate of drug-likeness (QED) is 0.495. The first-order valence-electron chi connectivity index (χ1n) is 11.6. The van der Waals surface area contributed by atoms with Gasteiger partial charge in [0.25, 0.3) is 10.2 Å². The molecule has 3 atom stereocenters. The van der Waals surface area contributed by atoms with Crippen molar-refractivity contribution in [3.8, 4) is 21.1 Å². The van der Waals surface area contributed by atoms with Crippen molar-refractivity contribution >= 4 is 21.5 Å². The van der Waals surface area contributed by atoms with Gasteiger partial charge in [0.2, 0.25) is 0 Å². The standard InChI is InChI=1S/C24H22F4N4O2S2/c25-20-7-3-14(4-8-20)21-29-30-22(35-21)16-2-1-15-10-18-5-6-19(11-17(15)9-16)23(18)12-32(13-24(26,27)28)36(33,34)31-23/h1-4,7-9,18-19,31H,5-6,10-13H2/t18-,19+,23+/m0/s1. The summed E-state index contributed by atoms with van der Waals surface area (Å²) in [5.74, 6) is -0.502. The van der Waals surface area contributed by atoms with Crippen LogP contribution < -0.4 is 4.72 Å². The summed E-state index contributed by atoms with van der Waals surface area (Å²) in [7, 11) is -4.21. The highest BCUT2D eigenvalue weighted by atomic mass is 32.2. The Morgan fingerprint density at radius 3 is 2.25 bits per heavy atom. The van der Waals surface area contributed by atoms with Crippen LogP contribution in [-0.4, -0.2) is 47.7 Å². The van der Waals surface area contributed by atoms with Gasteiger partial charge in [-0.05, 0) is 79.0 Å². The number of nitrogens with zero attached hydrogens (tertiary/aromatic N) is 3. The lowest BCUT2D eigenvalue weighted by molar-refractivity contribution is -0.136. The molecule has 2 aliphatic carbocycles. The van der Waals surface area contributed by atoms with E-state index in [0.29, 0.717) is 27.2 Å². The predicted octanol–water partition coefficient (Wildman–Crippen LogP) is 4.59. The van der Waals surface area contributed by atoms with Crippen molar-refractivity contribution in [1.82, 2.24) is 19.2 Å². The first kappa shape index (κ1) is 24.0. The second kappa shape index (κ2) is 8.30. The molecule has 1 N–H and O–H groups in total. The first-order valence-corrected chi connectivity index (χ1v) is 13.9. The van der Waals surface area contributed by atoms with E-state index in [0.717, 1.165) is 35.1 Å². The van der Waals surface area contributed by atoms with E-state index in [2.05, 4.69) is 14.9 Å². The molecule has 3 aromatic rings. The summed E-state index contributed by atoms with van der Waals surface area (Å²) >= 11 is 1.39. The van der Waals surface area contributed by atoms with Crippen LogP contribution in [0.3, 0.4) is 0 Å². The van der Waals surface area contributed by atoms with Gasteiger partial charge in [-0.25, -0.2) is 4.39 Å². The van der Waals surface area contributed by atoms with Crippen LogP contribution in [-0.2, 0) is 23.1 Å². The van der Waals surface area contributed by atoms with Crippen molar-refractivity contribution in [2.75, 3.05) is 13.1 Å². The van der Waals surface area contributed by atoms with Crippen LogP contribution in [0.2, 0.25) is 0 Å². The molecule has 6 nitrogen and oxygen atoms in total. The SMILES string of the molecule is O=S1(=O)N[C@@]2(CN1CC(F)(F)F)[C@@H]1CC[C@H]2Cc2ccc(-c3nnc(-c4ccc(F)cc4)s3)cc2C1. The average Bonchev–Trinajstić information content (AvgIpc) is 3.43. The molecule has 2 heterocycles. The van der Waals surface area contributed by atoms with Gasteiger partial charge in [0.1, 0.15) is 22.4 Å². The minimum atomic E-state index is -4.60. The molecule has 0 radical (unpaired) electrons. The number of alkyl halides is 3. The molecule has 6 rings (SSSR count). The monoisotopic (exact) mass is 538 g/mol. The van der Waals surface area contributed by atoms with Gasteiger partial charge in [0.05, 0.1) is 5.54 Å². The number of benzene rings is 2. The lowest BCUT2D eigenvalue weighted by atomic mass is 9.79. The van der Waals surface area contributed by atoms with E-state index in [9.17, 15) is 26.0 Å². The highest BCUT2D eigenvalue weighted by Gasteiger charge is 2.60. The van der Waals surface area contributed by atoms with E-state index in [1.54, 1.807) is 12.1 Å². The summed E-state index contributed by atoms with van der Waals surface area (Å²) in [4.78, 5) is 0. The first-order chi connectivity index (χ1) is 17.0. The zero-order valence-corrected chi connectivity index (χ0v) is 20.6. The second-order valence-corrected chi connectivity index (χ2v) is 12.5. The molecule has 3 aliphatic rings. The van der Waals surface area contributed by atoms with Gasteiger partial charge in [-0.3, -0.25) is 0 Å². The summed E-state index contributed by atoms with van der Waals surface area (Å²) in [6.45, 7) is -1.64. The Bertz CT molecular complexity index is 1420. The Balaban J connectivity index is 1.29. The van der Waals surface area contributed by atoms with Gasteiger partial charge in [0.15, 0.2) is 0 Å². The largest absolute Gasteiger partial charge is 0.402 e. The zero-order valence-electron chi connectivity index (χ0n) is 18.9. The van der Waals surface area contributed by atoms with Gasteiger partial charge in [0, 0.05) is 17.7 Å². The third-order valence-electron chi connectivity index (χ3n) is 7.68. The molecule has 0 amide bonds. The van der Waals surface area contributed by atoms with E-state index >= 15 is 0 Å². The normalized spacial score (nSPS) is 27.3. The molecule has 36 heavy (non-hydrogen) atoms. The van der Waals surface area contributed by atoms with Gasteiger partial charge >= 0.3 is 6.18 Å². The molecule has 2 bridgehead atoms.